The Kier molecular flexibility index (Phi) is 3.62. The fraction of sp³-hybridized carbons (Fsp3) is 0.333. The first kappa shape index (κ1) is 13.6. The van der Waals surface area contributed by atoms with Crippen LogP contribution in [0.1, 0.15) is 6.42 Å². The molecule has 6 nitrogen and oxygen atoms in total. The number of likely N-dealkylation sites (tertiary alicyclic amines) is 1. The maximum atomic E-state index is 12.1. The van der Waals surface area contributed by atoms with E-state index in [4.69, 9.17) is 0 Å². The number of benzene rings is 1. The van der Waals surface area contributed by atoms with Gasteiger partial charge in [-0.05, 0) is 18.6 Å². The number of carbonyl (C=O) groups excluding carboxylic acids is 1. The van der Waals surface area contributed by atoms with Crippen LogP contribution in [0.5, 0.6) is 0 Å². The average molecular weight is 286 g/mol. The molecule has 1 saturated heterocycles. The Hall–Kier alpha value is -2.34. The first-order valence-electron chi connectivity index (χ1n) is 6.95. The maximum absolute atomic E-state index is 12.1. The normalized spacial score (nSPS) is 18.0. The lowest BCUT2D eigenvalue weighted by Crippen LogP contribution is -2.33. The van der Waals surface area contributed by atoms with Gasteiger partial charge in [0.25, 0.3) is 0 Å². The van der Waals surface area contributed by atoms with Crippen molar-refractivity contribution >= 4 is 11.7 Å². The van der Waals surface area contributed by atoms with E-state index in [0.29, 0.717) is 19.5 Å². The third-order valence-electron chi connectivity index (χ3n) is 3.64. The highest BCUT2D eigenvalue weighted by Crippen LogP contribution is 2.21. The molecule has 1 aliphatic heterocycles. The number of nitrogens with zero attached hydrogens (tertiary/aromatic N) is 3. The largest absolute Gasteiger partial charge is 0.391 e. The minimum absolute atomic E-state index is 0.177. The van der Waals surface area contributed by atoms with Crippen molar-refractivity contribution in [3.05, 3.63) is 36.7 Å². The van der Waals surface area contributed by atoms with Gasteiger partial charge in [0, 0.05) is 43.8 Å². The second-order valence-electron chi connectivity index (χ2n) is 5.26. The second kappa shape index (κ2) is 5.57. The summed E-state index contributed by atoms with van der Waals surface area (Å²) in [5, 5.41) is 12.3. The van der Waals surface area contributed by atoms with E-state index in [2.05, 4.69) is 10.3 Å². The number of aryl methyl sites for hydroxylation is 1. The molecule has 1 aromatic carbocycles. The van der Waals surface area contributed by atoms with E-state index in [1.807, 2.05) is 42.1 Å². The summed E-state index contributed by atoms with van der Waals surface area (Å²) in [6.45, 7) is 0.983. The van der Waals surface area contributed by atoms with Gasteiger partial charge in [0.2, 0.25) is 0 Å². The van der Waals surface area contributed by atoms with Crippen LogP contribution in [0.2, 0.25) is 0 Å². The molecular formula is C15H18N4O2. The predicted octanol–water partition coefficient (Wildman–Crippen LogP) is 1.69. The minimum Gasteiger partial charge on any atom is -0.391 e. The van der Waals surface area contributed by atoms with Crippen molar-refractivity contribution in [1.29, 1.82) is 0 Å². The molecule has 0 radical (unpaired) electrons. The second-order valence-corrected chi connectivity index (χ2v) is 5.26. The molecule has 1 aliphatic rings. The van der Waals surface area contributed by atoms with E-state index >= 15 is 0 Å². The van der Waals surface area contributed by atoms with Gasteiger partial charge < -0.3 is 19.9 Å². The quantitative estimate of drug-likeness (QED) is 0.882. The van der Waals surface area contributed by atoms with Gasteiger partial charge in [0.05, 0.1) is 6.10 Å². The molecule has 1 atom stereocenters. The molecule has 1 fully saturated rings. The van der Waals surface area contributed by atoms with Crippen LogP contribution in [0, 0.1) is 0 Å². The number of imidazole rings is 1. The van der Waals surface area contributed by atoms with Crippen LogP contribution < -0.4 is 5.32 Å². The van der Waals surface area contributed by atoms with Crippen molar-refractivity contribution in [2.75, 3.05) is 18.4 Å². The number of aliphatic hydroxyl groups excluding tert-OH is 1. The number of carbonyl (C=O) groups is 1. The van der Waals surface area contributed by atoms with Gasteiger partial charge in [-0.1, -0.05) is 12.1 Å². The van der Waals surface area contributed by atoms with Gasteiger partial charge in [-0.3, -0.25) is 0 Å². The van der Waals surface area contributed by atoms with Crippen LogP contribution in [0.4, 0.5) is 10.5 Å². The summed E-state index contributed by atoms with van der Waals surface area (Å²) < 4.78 is 1.93. The standard InChI is InChI=1S/C15H18N4O2/c1-18-8-6-16-14(18)11-3-2-4-12(9-11)17-15(21)19-7-5-13(20)10-19/h2-4,6,8-9,13,20H,5,7,10H2,1H3,(H,17,21)/t13-/m0/s1. The van der Waals surface area contributed by atoms with E-state index in [1.54, 1.807) is 11.1 Å². The fourth-order valence-electron chi connectivity index (χ4n) is 2.51. The zero-order chi connectivity index (χ0) is 14.8. The Bertz CT molecular complexity index is 653. The van der Waals surface area contributed by atoms with Crippen molar-refractivity contribution in [2.45, 2.75) is 12.5 Å². The number of rotatable bonds is 2. The van der Waals surface area contributed by atoms with Crippen LogP contribution in [-0.4, -0.2) is 44.8 Å². The molecule has 6 heteroatoms. The average Bonchev–Trinajstić information content (AvgIpc) is 3.08. The van der Waals surface area contributed by atoms with Crippen LogP contribution in [0.25, 0.3) is 11.4 Å². The van der Waals surface area contributed by atoms with E-state index in [0.717, 1.165) is 17.1 Å². The number of anilines is 1. The Morgan fingerprint density at radius 3 is 3.00 bits per heavy atom. The molecule has 3 rings (SSSR count). The summed E-state index contributed by atoms with van der Waals surface area (Å²) >= 11 is 0. The number of nitrogens with one attached hydrogen (secondary N) is 1. The van der Waals surface area contributed by atoms with E-state index < -0.39 is 6.10 Å². The van der Waals surface area contributed by atoms with Crippen molar-refractivity contribution in [3.63, 3.8) is 0 Å². The van der Waals surface area contributed by atoms with Crippen LogP contribution in [-0.2, 0) is 7.05 Å². The third kappa shape index (κ3) is 2.90. The number of aromatic nitrogens is 2. The van der Waals surface area contributed by atoms with Gasteiger partial charge in [0.15, 0.2) is 0 Å². The molecule has 0 bridgehead atoms. The Morgan fingerprint density at radius 2 is 2.33 bits per heavy atom. The lowest BCUT2D eigenvalue weighted by Gasteiger charge is -2.16. The van der Waals surface area contributed by atoms with Crippen molar-refractivity contribution in [2.24, 2.45) is 7.05 Å². The summed E-state index contributed by atoms with van der Waals surface area (Å²) in [6, 6.07) is 7.41. The van der Waals surface area contributed by atoms with Crippen LogP contribution >= 0.6 is 0 Å². The Labute approximate surface area is 123 Å². The molecule has 2 aromatic rings. The highest BCUT2D eigenvalue weighted by atomic mass is 16.3. The van der Waals surface area contributed by atoms with Crippen molar-refractivity contribution in [1.82, 2.24) is 14.5 Å². The number of urea groups is 1. The molecule has 110 valence electrons. The molecule has 0 spiro atoms. The van der Waals surface area contributed by atoms with Crippen LogP contribution in [0.3, 0.4) is 0 Å². The summed E-state index contributed by atoms with van der Waals surface area (Å²) in [5.41, 5.74) is 1.67. The number of β-amino-alcohol motifs (C(OH)–C–C–N with tert-alkyl or cyclic N) is 1. The van der Waals surface area contributed by atoms with E-state index in [9.17, 15) is 9.90 Å². The van der Waals surface area contributed by atoms with Crippen molar-refractivity contribution < 1.29 is 9.90 Å². The first-order chi connectivity index (χ1) is 10.1. The van der Waals surface area contributed by atoms with Gasteiger partial charge >= 0.3 is 6.03 Å². The van der Waals surface area contributed by atoms with E-state index in [1.165, 1.54) is 0 Å². The number of hydrogen-bond acceptors (Lipinski definition) is 3. The summed E-state index contributed by atoms with van der Waals surface area (Å²) in [4.78, 5) is 18.0. The van der Waals surface area contributed by atoms with Gasteiger partial charge in [-0.25, -0.2) is 9.78 Å². The smallest absolute Gasteiger partial charge is 0.321 e. The Morgan fingerprint density at radius 1 is 1.48 bits per heavy atom. The van der Waals surface area contributed by atoms with Gasteiger partial charge in [0.1, 0.15) is 5.82 Å². The first-order valence-corrected chi connectivity index (χ1v) is 6.95. The van der Waals surface area contributed by atoms with Crippen LogP contribution in [0.15, 0.2) is 36.7 Å². The number of aliphatic hydroxyl groups is 1. The highest BCUT2D eigenvalue weighted by molar-refractivity contribution is 5.90. The number of hydrogen-bond donors (Lipinski definition) is 2. The fourth-order valence-corrected chi connectivity index (χ4v) is 2.51. The highest BCUT2D eigenvalue weighted by Gasteiger charge is 2.24. The molecule has 0 unspecified atom stereocenters. The third-order valence-corrected chi connectivity index (χ3v) is 3.64. The zero-order valence-corrected chi connectivity index (χ0v) is 11.9. The van der Waals surface area contributed by atoms with E-state index in [-0.39, 0.29) is 6.03 Å². The van der Waals surface area contributed by atoms with Crippen molar-refractivity contribution in [3.8, 4) is 11.4 Å². The molecule has 2 N–H and O–H groups in total. The lowest BCUT2D eigenvalue weighted by atomic mass is 10.2. The topological polar surface area (TPSA) is 70.4 Å². The lowest BCUT2D eigenvalue weighted by molar-refractivity contribution is 0.176. The molecule has 2 amide bonds. The predicted molar refractivity (Wildman–Crippen MR) is 79.9 cm³/mol. The molecule has 0 saturated carbocycles. The molecule has 0 aliphatic carbocycles. The maximum Gasteiger partial charge on any atom is 0.321 e. The Balaban J connectivity index is 1.75. The zero-order valence-electron chi connectivity index (χ0n) is 11.9. The van der Waals surface area contributed by atoms with Gasteiger partial charge in [-0.15, -0.1) is 0 Å². The molecule has 21 heavy (non-hydrogen) atoms. The molecular weight excluding hydrogens is 268 g/mol. The minimum atomic E-state index is -0.408. The monoisotopic (exact) mass is 286 g/mol. The number of amides is 2. The SMILES string of the molecule is Cn1ccnc1-c1cccc(NC(=O)N2CC[C@H](O)C2)c1. The summed E-state index contributed by atoms with van der Waals surface area (Å²) in [7, 11) is 1.93. The molecule has 1 aromatic heterocycles. The molecule has 2 heterocycles. The summed E-state index contributed by atoms with van der Waals surface area (Å²) in [6.07, 6.45) is 3.86. The summed E-state index contributed by atoms with van der Waals surface area (Å²) in [5.74, 6) is 0.850. The van der Waals surface area contributed by atoms with Gasteiger partial charge in [-0.2, -0.15) is 0 Å².